The molecule has 1 aromatic heterocycles. The van der Waals surface area contributed by atoms with E-state index < -0.39 is 0 Å². The van der Waals surface area contributed by atoms with E-state index in [0.29, 0.717) is 11.9 Å². The van der Waals surface area contributed by atoms with Gasteiger partial charge in [-0.3, -0.25) is 5.32 Å². The lowest BCUT2D eigenvalue weighted by Gasteiger charge is -2.35. The highest BCUT2D eigenvalue weighted by atomic mass is 15.2. The number of anilines is 2. The SMILES string of the molecule is CN(c1cc(NC#N)ncn1)C1CCC1. The van der Waals surface area contributed by atoms with Crippen LogP contribution in [-0.4, -0.2) is 23.1 Å². The summed E-state index contributed by atoms with van der Waals surface area (Å²) in [6.07, 6.45) is 7.07. The van der Waals surface area contributed by atoms with Crippen LogP contribution in [0.3, 0.4) is 0 Å². The third-order valence-electron chi connectivity index (χ3n) is 2.82. The number of aromatic nitrogens is 2. The standard InChI is InChI=1S/C10H13N5/c1-15(8-3-2-4-8)10-5-9(12-6-11)13-7-14-10/h5,7-8H,2-4H2,1H3,(H,12,13,14). The average molecular weight is 203 g/mol. The highest BCUT2D eigenvalue weighted by Gasteiger charge is 2.23. The van der Waals surface area contributed by atoms with Crippen molar-refractivity contribution in [3.63, 3.8) is 0 Å². The summed E-state index contributed by atoms with van der Waals surface area (Å²) in [6, 6.07) is 2.39. The second-order valence-corrected chi connectivity index (χ2v) is 3.69. The Hall–Kier alpha value is -1.83. The molecule has 0 atom stereocenters. The van der Waals surface area contributed by atoms with Crippen LogP contribution in [0.15, 0.2) is 12.4 Å². The number of nitrogens with zero attached hydrogens (tertiary/aromatic N) is 4. The maximum absolute atomic E-state index is 8.48. The van der Waals surface area contributed by atoms with Gasteiger partial charge in [-0.25, -0.2) is 9.97 Å². The lowest BCUT2D eigenvalue weighted by molar-refractivity contribution is 0.399. The molecule has 1 aliphatic carbocycles. The van der Waals surface area contributed by atoms with E-state index in [1.165, 1.54) is 25.6 Å². The molecule has 1 saturated carbocycles. The number of hydrogen-bond acceptors (Lipinski definition) is 5. The van der Waals surface area contributed by atoms with Crippen molar-refractivity contribution in [1.29, 1.82) is 5.26 Å². The fraction of sp³-hybridized carbons (Fsp3) is 0.500. The predicted molar refractivity (Wildman–Crippen MR) is 57.3 cm³/mol. The van der Waals surface area contributed by atoms with E-state index in [1.807, 2.05) is 13.2 Å². The number of nitrogens with one attached hydrogen (secondary N) is 1. The first-order valence-electron chi connectivity index (χ1n) is 5.01. The van der Waals surface area contributed by atoms with Crippen LogP contribution in [0.1, 0.15) is 19.3 Å². The summed E-state index contributed by atoms with van der Waals surface area (Å²) in [4.78, 5) is 10.3. The maximum Gasteiger partial charge on any atom is 0.182 e. The van der Waals surface area contributed by atoms with E-state index in [4.69, 9.17) is 5.26 Å². The first-order chi connectivity index (χ1) is 7.31. The number of rotatable bonds is 3. The molecule has 0 saturated heterocycles. The minimum atomic E-state index is 0.550. The van der Waals surface area contributed by atoms with Crippen molar-refractivity contribution in [3.8, 4) is 6.19 Å². The first kappa shape index (κ1) is 9.71. The third-order valence-corrected chi connectivity index (χ3v) is 2.82. The van der Waals surface area contributed by atoms with Gasteiger partial charge in [0.15, 0.2) is 6.19 Å². The van der Waals surface area contributed by atoms with E-state index in [0.717, 1.165) is 5.82 Å². The summed E-state index contributed by atoms with van der Waals surface area (Å²) >= 11 is 0. The van der Waals surface area contributed by atoms with Crippen molar-refractivity contribution in [1.82, 2.24) is 9.97 Å². The van der Waals surface area contributed by atoms with Crippen molar-refractivity contribution < 1.29 is 0 Å². The number of hydrogen-bond donors (Lipinski definition) is 1. The van der Waals surface area contributed by atoms with Gasteiger partial charge in [0, 0.05) is 19.2 Å². The van der Waals surface area contributed by atoms with Gasteiger partial charge in [-0.2, -0.15) is 5.26 Å². The molecule has 0 unspecified atom stereocenters. The lowest BCUT2D eigenvalue weighted by Crippen LogP contribution is -2.37. The Morgan fingerprint density at radius 3 is 2.93 bits per heavy atom. The molecule has 0 bridgehead atoms. The van der Waals surface area contributed by atoms with Gasteiger partial charge in [0.2, 0.25) is 0 Å². The van der Waals surface area contributed by atoms with E-state index in [9.17, 15) is 0 Å². The van der Waals surface area contributed by atoms with Crippen molar-refractivity contribution in [3.05, 3.63) is 12.4 Å². The summed E-state index contributed by atoms with van der Waals surface area (Å²) in [5.41, 5.74) is 0. The summed E-state index contributed by atoms with van der Waals surface area (Å²) in [6.45, 7) is 0. The molecule has 1 heterocycles. The average Bonchev–Trinajstić information content (AvgIpc) is 2.16. The Balaban J connectivity index is 2.13. The van der Waals surface area contributed by atoms with Crippen LogP contribution in [0.4, 0.5) is 11.6 Å². The van der Waals surface area contributed by atoms with E-state index in [2.05, 4.69) is 20.2 Å². The zero-order valence-electron chi connectivity index (χ0n) is 8.64. The predicted octanol–water partition coefficient (Wildman–Crippen LogP) is 1.36. The molecule has 0 amide bonds. The van der Waals surface area contributed by atoms with Gasteiger partial charge in [-0.05, 0) is 19.3 Å². The highest BCUT2D eigenvalue weighted by Crippen LogP contribution is 2.27. The molecule has 1 fully saturated rings. The second kappa shape index (κ2) is 4.13. The van der Waals surface area contributed by atoms with Crippen LogP contribution < -0.4 is 10.2 Å². The largest absolute Gasteiger partial charge is 0.357 e. The molecule has 78 valence electrons. The van der Waals surface area contributed by atoms with Gasteiger partial charge in [-0.15, -0.1) is 0 Å². The molecule has 0 aliphatic heterocycles. The molecular formula is C10H13N5. The molecule has 1 aliphatic rings. The quantitative estimate of drug-likeness (QED) is 0.593. The fourth-order valence-electron chi connectivity index (χ4n) is 1.63. The zero-order valence-corrected chi connectivity index (χ0v) is 8.64. The summed E-state index contributed by atoms with van der Waals surface area (Å²) < 4.78 is 0. The second-order valence-electron chi connectivity index (χ2n) is 3.69. The molecule has 2 rings (SSSR count). The van der Waals surface area contributed by atoms with Crippen molar-refractivity contribution in [2.24, 2.45) is 0 Å². The van der Waals surface area contributed by atoms with Gasteiger partial charge in [0.25, 0.3) is 0 Å². The van der Waals surface area contributed by atoms with E-state index in [1.54, 1.807) is 6.07 Å². The van der Waals surface area contributed by atoms with Gasteiger partial charge in [0.05, 0.1) is 0 Å². The van der Waals surface area contributed by atoms with Crippen LogP contribution in [0.25, 0.3) is 0 Å². The molecular weight excluding hydrogens is 190 g/mol. The van der Waals surface area contributed by atoms with E-state index in [-0.39, 0.29) is 0 Å². The normalized spacial score (nSPS) is 15.2. The number of nitriles is 1. The Morgan fingerprint density at radius 1 is 1.53 bits per heavy atom. The summed E-state index contributed by atoms with van der Waals surface area (Å²) in [5, 5.41) is 11.0. The maximum atomic E-state index is 8.48. The van der Waals surface area contributed by atoms with Gasteiger partial charge in [0.1, 0.15) is 18.0 Å². The molecule has 5 nitrogen and oxygen atoms in total. The van der Waals surface area contributed by atoms with Crippen LogP contribution in [0.2, 0.25) is 0 Å². The first-order valence-corrected chi connectivity index (χ1v) is 5.01. The minimum absolute atomic E-state index is 0.550. The van der Waals surface area contributed by atoms with Crippen molar-refractivity contribution in [2.45, 2.75) is 25.3 Å². The summed E-state index contributed by atoms with van der Waals surface area (Å²) in [7, 11) is 2.03. The Labute approximate surface area is 88.8 Å². The van der Waals surface area contributed by atoms with Crippen LogP contribution in [0.5, 0.6) is 0 Å². The van der Waals surface area contributed by atoms with Gasteiger partial charge < -0.3 is 4.90 Å². The summed E-state index contributed by atoms with van der Waals surface area (Å²) in [5.74, 6) is 1.42. The van der Waals surface area contributed by atoms with Crippen molar-refractivity contribution in [2.75, 3.05) is 17.3 Å². The molecule has 0 aromatic carbocycles. The fourth-order valence-corrected chi connectivity index (χ4v) is 1.63. The third kappa shape index (κ3) is 1.99. The van der Waals surface area contributed by atoms with Gasteiger partial charge >= 0.3 is 0 Å². The molecule has 15 heavy (non-hydrogen) atoms. The smallest absolute Gasteiger partial charge is 0.182 e. The van der Waals surface area contributed by atoms with Crippen LogP contribution >= 0.6 is 0 Å². The highest BCUT2D eigenvalue weighted by molar-refractivity contribution is 5.50. The lowest BCUT2D eigenvalue weighted by atomic mass is 9.92. The Kier molecular flexibility index (Phi) is 2.68. The van der Waals surface area contributed by atoms with Crippen molar-refractivity contribution >= 4 is 11.6 Å². The Morgan fingerprint density at radius 2 is 2.33 bits per heavy atom. The van der Waals surface area contributed by atoms with Gasteiger partial charge in [-0.1, -0.05) is 0 Å². The molecule has 1 N–H and O–H groups in total. The minimum Gasteiger partial charge on any atom is -0.357 e. The zero-order chi connectivity index (χ0) is 10.7. The Bertz CT molecular complexity index is 380. The molecule has 5 heteroatoms. The monoisotopic (exact) mass is 203 g/mol. The van der Waals surface area contributed by atoms with Crippen LogP contribution in [0, 0.1) is 11.5 Å². The van der Waals surface area contributed by atoms with E-state index >= 15 is 0 Å². The van der Waals surface area contributed by atoms with Crippen LogP contribution in [-0.2, 0) is 0 Å². The topological polar surface area (TPSA) is 64.8 Å². The molecule has 0 radical (unpaired) electrons. The molecule has 1 aromatic rings. The molecule has 0 spiro atoms.